The summed E-state index contributed by atoms with van der Waals surface area (Å²) in [5, 5.41) is 9.66. The molecular weight excluding hydrogens is 440 g/mol. The molecule has 0 spiro atoms. The molecule has 2 heterocycles. The molecule has 3 aromatic carbocycles. The first-order valence-electron chi connectivity index (χ1n) is 10.9. The molecule has 3 aromatic rings. The summed E-state index contributed by atoms with van der Waals surface area (Å²) in [4.78, 5) is 14.7. The lowest BCUT2D eigenvalue weighted by Gasteiger charge is -2.31. The van der Waals surface area contributed by atoms with E-state index in [1.165, 1.54) is 42.7 Å². The first kappa shape index (κ1) is 21.7. The van der Waals surface area contributed by atoms with Crippen molar-refractivity contribution in [3.8, 4) is 17.2 Å². The van der Waals surface area contributed by atoms with Gasteiger partial charge in [0.2, 0.25) is 5.76 Å². The third-order valence-corrected chi connectivity index (χ3v) is 5.92. The Hall–Kier alpha value is -4.13. The van der Waals surface area contributed by atoms with Crippen molar-refractivity contribution in [1.82, 2.24) is 4.90 Å². The van der Waals surface area contributed by atoms with E-state index in [4.69, 9.17) is 9.47 Å². The van der Waals surface area contributed by atoms with Crippen molar-refractivity contribution in [1.29, 1.82) is 0 Å². The maximum atomic E-state index is 13.5. The molecular formula is C27H21F2NO4. The number of fused-ring (bicyclic) bond motifs is 1. The van der Waals surface area contributed by atoms with Crippen molar-refractivity contribution >= 4 is 11.5 Å². The second kappa shape index (κ2) is 9.02. The van der Waals surface area contributed by atoms with Crippen molar-refractivity contribution in [2.45, 2.75) is 12.8 Å². The van der Waals surface area contributed by atoms with Gasteiger partial charge in [-0.2, -0.15) is 0 Å². The molecule has 1 amide bonds. The molecule has 0 unspecified atom stereocenters. The Morgan fingerprint density at radius 3 is 2.00 bits per heavy atom. The van der Waals surface area contributed by atoms with Crippen LogP contribution in [0.15, 0.2) is 84.3 Å². The number of amides is 1. The van der Waals surface area contributed by atoms with Gasteiger partial charge in [0.15, 0.2) is 11.5 Å². The van der Waals surface area contributed by atoms with Crippen molar-refractivity contribution in [3.05, 3.63) is 107 Å². The summed E-state index contributed by atoms with van der Waals surface area (Å²) < 4.78 is 38.2. The standard InChI is InChI=1S/C27H21F2NO4/c28-20-5-1-17(2-6-20)26(18-3-7-21(29)8-4-18)19-11-13-30(14-12-19)27(32)25-16-33-23-10-9-22(31)15-24(23)34-25/h1-10,15-16,31H,11-14H2. The molecule has 5 rings (SSSR count). The maximum Gasteiger partial charge on any atom is 0.292 e. The Balaban J connectivity index is 1.37. The average molecular weight is 461 g/mol. The topological polar surface area (TPSA) is 59.0 Å². The van der Waals surface area contributed by atoms with E-state index in [0.717, 1.165) is 22.3 Å². The summed E-state index contributed by atoms with van der Waals surface area (Å²) >= 11 is 0. The summed E-state index contributed by atoms with van der Waals surface area (Å²) in [6.07, 6.45) is 2.47. The number of ether oxygens (including phenoxy) is 2. The number of halogens is 2. The quantitative estimate of drug-likeness (QED) is 0.567. The van der Waals surface area contributed by atoms with Crippen LogP contribution in [0.3, 0.4) is 0 Å². The minimum atomic E-state index is -0.328. The summed E-state index contributed by atoms with van der Waals surface area (Å²) in [7, 11) is 0. The molecule has 0 atom stereocenters. The number of hydrogen-bond acceptors (Lipinski definition) is 4. The van der Waals surface area contributed by atoms with Crippen molar-refractivity contribution in [3.63, 3.8) is 0 Å². The van der Waals surface area contributed by atoms with E-state index >= 15 is 0 Å². The van der Waals surface area contributed by atoms with Gasteiger partial charge in [-0.15, -0.1) is 0 Å². The van der Waals surface area contributed by atoms with Gasteiger partial charge in [-0.1, -0.05) is 29.8 Å². The molecule has 0 aliphatic carbocycles. The maximum absolute atomic E-state index is 13.5. The molecule has 0 radical (unpaired) electrons. The lowest BCUT2D eigenvalue weighted by Crippen LogP contribution is -2.39. The zero-order valence-electron chi connectivity index (χ0n) is 18.1. The molecule has 7 heteroatoms. The highest BCUT2D eigenvalue weighted by atomic mass is 19.1. The van der Waals surface area contributed by atoms with Crippen LogP contribution >= 0.6 is 0 Å². The average Bonchev–Trinajstić information content (AvgIpc) is 2.86. The Morgan fingerprint density at radius 2 is 1.41 bits per heavy atom. The lowest BCUT2D eigenvalue weighted by molar-refractivity contribution is -0.130. The SMILES string of the molecule is O=C(C1=COc2ccc(O)cc2O1)N1CCC(=C(c2ccc(F)cc2)c2ccc(F)cc2)CC1. The van der Waals surface area contributed by atoms with Gasteiger partial charge in [0, 0.05) is 19.2 Å². The predicted octanol–water partition coefficient (Wildman–Crippen LogP) is 5.41. The monoisotopic (exact) mass is 461 g/mol. The minimum Gasteiger partial charge on any atom is -0.508 e. The number of phenolic OH excluding ortho intramolecular Hbond substituents is 1. The van der Waals surface area contributed by atoms with Crippen LogP contribution in [0.5, 0.6) is 17.2 Å². The van der Waals surface area contributed by atoms with Gasteiger partial charge >= 0.3 is 0 Å². The predicted molar refractivity (Wildman–Crippen MR) is 122 cm³/mol. The molecule has 2 aliphatic rings. The normalized spacial score (nSPS) is 15.1. The van der Waals surface area contributed by atoms with Crippen LogP contribution in [0, 0.1) is 11.6 Å². The third-order valence-electron chi connectivity index (χ3n) is 5.92. The summed E-state index contributed by atoms with van der Waals surface area (Å²) in [6.45, 7) is 0.904. The summed E-state index contributed by atoms with van der Waals surface area (Å²) in [5.41, 5.74) is 3.71. The van der Waals surface area contributed by atoms with Gasteiger partial charge in [0.25, 0.3) is 5.91 Å². The first-order valence-corrected chi connectivity index (χ1v) is 10.9. The van der Waals surface area contributed by atoms with Crippen LogP contribution in [-0.2, 0) is 4.79 Å². The second-order valence-electron chi connectivity index (χ2n) is 8.12. The Bertz CT molecular complexity index is 1240. The number of benzene rings is 3. The van der Waals surface area contributed by atoms with Crippen molar-refractivity contribution < 1.29 is 28.2 Å². The number of nitrogens with zero attached hydrogens (tertiary/aromatic N) is 1. The fraction of sp³-hybridized carbons (Fsp3) is 0.148. The number of hydrogen-bond donors (Lipinski definition) is 1. The number of piperidine rings is 1. The second-order valence-corrected chi connectivity index (χ2v) is 8.12. The van der Waals surface area contributed by atoms with Crippen LogP contribution in [0.1, 0.15) is 24.0 Å². The van der Waals surface area contributed by atoms with Crippen LogP contribution in [0.4, 0.5) is 8.78 Å². The lowest BCUT2D eigenvalue weighted by atomic mass is 9.88. The molecule has 34 heavy (non-hydrogen) atoms. The van der Waals surface area contributed by atoms with Gasteiger partial charge in [0.1, 0.15) is 23.6 Å². The summed E-state index contributed by atoms with van der Waals surface area (Å²) in [6, 6.07) is 16.9. The highest BCUT2D eigenvalue weighted by Crippen LogP contribution is 2.37. The molecule has 1 N–H and O–H groups in total. The van der Waals surface area contributed by atoms with Crippen molar-refractivity contribution in [2.24, 2.45) is 0 Å². The number of likely N-dealkylation sites (tertiary alicyclic amines) is 1. The van der Waals surface area contributed by atoms with Gasteiger partial charge in [-0.3, -0.25) is 4.79 Å². The van der Waals surface area contributed by atoms with E-state index < -0.39 is 0 Å². The van der Waals surface area contributed by atoms with Crippen molar-refractivity contribution in [2.75, 3.05) is 13.1 Å². The van der Waals surface area contributed by atoms with Crippen LogP contribution in [-0.4, -0.2) is 29.0 Å². The molecule has 0 saturated carbocycles. The van der Waals surface area contributed by atoms with Gasteiger partial charge in [-0.05, 0) is 65.9 Å². The van der Waals surface area contributed by atoms with E-state index in [0.29, 0.717) is 31.7 Å². The molecule has 5 nitrogen and oxygen atoms in total. The van der Waals surface area contributed by atoms with E-state index in [-0.39, 0.29) is 34.8 Å². The third kappa shape index (κ3) is 4.37. The fourth-order valence-electron chi connectivity index (χ4n) is 4.22. The molecule has 1 fully saturated rings. The van der Waals surface area contributed by atoms with E-state index in [2.05, 4.69) is 0 Å². The van der Waals surface area contributed by atoms with Crippen LogP contribution in [0.25, 0.3) is 5.57 Å². The molecule has 2 aliphatic heterocycles. The highest BCUT2D eigenvalue weighted by Gasteiger charge is 2.28. The van der Waals surface area contributed by atoms with Gasteiger partial charge in [0.05, 0.1) is 0 Å². The Morgan fingerprint density at radius 1 is 0.824 bits per heavy atom. The molecule has 0 bridgehead atoms. The first-order chi connectivity index (χ1) is 16.5. The van der Waals surface area contributed by atoms with Crippen LogP contribution < -0.4 is 9.47 Å². The van der Waals surface area contributed by atoms with Crippen LogP contribution in [0.2, 0.25) is 0 Å². The number of carbonyl (C=O) groups is 1. The molecule has 1 saturated heterocycles. The number of aromatic hydroxyl groups is 1. The number of rotatable bonds is 3. The summed E-state index contributed by atoms with van der Waals surface area (Å²) in [5.74, 6) is -0.213. The fourth-order valence-corrected chi connectivity index (χ4v) is 4.22. The number of phenols is 1. The molecule has 0 aromatic heterocycles. The largest absolute Gasteiger partial charge is 0.508 e. The van der Waals surface area contributed by atoms with E-state index in [9.17, 15) is 18.7 Å². The van der Waals surface area contributed by atoms with Gasteiger partial charge in [-0.25, -0.2) is 8.78 Å². The number of carbonyl (C=O) groups excluding carboxylic acids is 1. The van der Waals surface area contributed by atoms with E-state index in [1.807, 2.05) is 0 Å². The smallest absolute Gasteiger partial charge is 0.292 e. The molecule has 172 valence electrons. The van der Waals surface area contributed by atoms with E-state index in [1.54, 1.807) is 35.2 Å². The zero-order chi connectivity index (χ0) is 23.7. The minimum absolute atomic E-state index is 0.0120. The Kier molecular flexibility index (Phi) is 5.76. The van der Waals surface area contributed by atoms with Gasteiger partial charge < -0.3 is 19.5 Å². The Labute approximate surface area is 195 Å². The highest BCUT2D eigenvalue weighted by molar-refractivity contribution is 5.92. The zero-order valence-corrected chi connectivity index (χ0v) is 18.1.